The van der Waals surface area contributed by atoms with Crippen LogP contribution in [-0.2, 0) is 4.79 Å². The molecule has 2 atom stereocenters. The number of rotatable bonds is 8. The van der Waals surface area contributed by atoms with Crippen LogP contribution in [0.3, 0.4) is 0 Å². The summed E-state index contributed by atoms with van der Waals surface area (Å²) in [6, 6.07) is 0. The van der Waals surface area contributed by atoms with Crippen LogP contribution in [0.15, 0.2) is 0 Å². The molecule has 0 radical (unpaired) electrons. The number of carbonyl (C=O) groups is 1. The average molecular weight is 241 g/mol. The van der Waals surface area contributed by atoms with Crippen molar-refractivity contribution in [2.24, 2.45) is 23.5 Å². The van der Waals surface area contributed by atoms with Crippen LogP contribution in [0.2, 0.25) is 0 Å². The van der Waals surface area contributed by atoms with Gasteiger partial charge >= 0.3 is 5.97 Å². The zero-order chi connectivity index (χ0) is 12.7. The van der Waals surface area contributed by atoms with Crippen molar-refractivity contribution in [1.82, 2.24) is 0 Å². The van der Waals surface area contributed by atoms with Crippen molar-refractivity contribution in [3.8, 4) is 0 Å². The van der Waals surface area contributed by atoms with E-state index in [1.165, 1.54) is 38.5 Å². The third kappa shape index (κ3) is 6.06. The lowest BCUT2D eigenvalue weighted by Crippen LogP contribution is -2.20. The molecule has 0 saturated heterocycles. The van der Waals surface area contributed by atoms with Crippen LogP contribution in [0.25, 0.3) is 0 Å². The minimum absolute atomic E-state index is 0.158. The highest BCUT2D eigenvalue weighted by atomic mass is 16.4. The van der Waals surface area contributed by atoms with Crippen molar-refractivity contribution in [2.75, 3.05) is 6.54 Å². The quantitative estimate of drug-likeness (QED) is 0.686. The molecule has 0 heterocycles. The molecule has 0 bridgehead atoms. The second-order valence-corrected chi connectivity index (χ2v) is 5.77. The molecule has 1 saturated carbocycles. The van der Waals surface area contributed by atoms with Gasteiger partial charge in [0.25, 0.3) is 0 Å². The van der Waals surface area contributed by atoms with Gasteiger partial charge < -0.3 is 10.8 Å². The summed E-state index contributed by atoms with van der Waals surface area (Å²) >= 11 is 0. The molecule has 3 N–H and O–H groups in total. The first-order valence-corrected chi connectivity index (χ1v) is 7.03. The molecule has 1 rings (SSSR count). The maximum Gasteiger partial charge on any atom is 0.303 e. The minimum atomic E-state index is -0.719. The van der Waals surface area contributed by atoms with Gasteiger partial charge in [-0.3, -0.25) is 4.79 Å². The highest BCUT2D eigenvalue weighted by Crippen LogP contribution is 2.31. The zero-order valence-corrected chi connectivity index (χ0v) is 11.0. The summed E-state index contributed by atoms with van der Waals surface area (Å²) in [5.74, 6) is 0.992. The van der Waals surface area contributed by atoms with E-state index in [-0.39, 0.29) is 12.3 Å². The Kier molecular flexibility index (Phi) is 6.56. The van der Waals surface area contributed by atoms with Crippen LogP contribution in [0.4, 0.5) is 0 Å². The normalized spacial score (nSPS) is 20.4. The molecule has 1 aliphatic rings. The van der Waals surface area contributed by atoms with Gasteiger partial charge in [-0.2, -0.15) is 0 Å². The average Bonchev–Trinajstić information content (AvgIpc) is 2.77. The first-order chi connectivity index (χ1) is 8.11. The van der Waals surface area contributed by atoms with E-state index >= 15 is 0 Å². The monoisotopic (exact) mass is 241 g/mol. The topological polar surface area (TPSA) is 63.3 Å². The third-order valence-corrected chi connectivity index (χ3v) is 4.07. The number of carboxylic acid groups (broad SMARTS) is 1. The maximum absolute atomic E-state index is 10.7. The second-order valence-electron chi connectivity index (χ2n) is 5.77. The maximum atomic E-state index is 10.7. The number of nitrogens with two attached hydrogens (primary N) is 1. The van der Waals surface area contributed by atoms with Gasteiger partial charge in [0.1, 0.15) is 0 Å². The molecule has 1 fully saturated rings. The van der Waals surface area contributed by atoms with Crippen LogP contribution >= 0.6 is 0 Å². The predicted octanol–water partition coefficient (Wildman–Crippen LogP) is 3.03. The molecule has 0 aliphatic heterocycles. The summed E-state index contributed by atoms with van der Waals surface area (Å²) in [6.45, 7) is 2.74. The third-order valence-electron chi connectivity index (χ3n) is 4.07. The van der Waals surface area contributed by atoms with E-state index in [9.17, 15) is 4.79 Å². The van der Waals surface area contributed by atoms with E-state index in [2.05, 4.69) is 6.92 Å². The molecular formula is C14H27NO2. The number of hydrogen-bond acceptors (Lipinski definition) is 2. The van der Waals surface area contributed by atoms with Gasteiger partial charge in [-0.05, 0) is 30.7 Å². The first kappa shape index (κ1) is 14.5. The van der Waals surface area contributed by atoms with Gasteiger partial charge in [-0.15, -0.1) is 0 Å². The molecule has 3 heteroatoms. The first-order valence-electron chi connectivity index (χ1n) is 7.03. The van der Waals surface area contributed by atoms with Crippen molar-refractivity contribution in [2.45, 2.75) is 58.3 Å². The number of carboxylic acids is 1. The van der Waals surface area contributed by atoms with Crippen molar-refractivity contribution in [3.63, 3.8) is 0 Å². The molecule has 3 nitrogen and oxygen atoms in total. The Morgan fingerprint density at radius 1 is 1.41 bits per heavy atom. The minimum Gasteiger partial charge on any atom is -0.481 e. The van der Waals surface area contributed by atoms with E-state index in [0.717, 1.165) is 12.3 Å². The molecule has 0 aromatic carbocycles. The largest absolute Gasteiger partial charge is 0.481 e. The van der Waals surface area contributed by atoms with Gasteiger partial charge in [0.15, 0.2) is 0 Å². The van der Waals surface area contributed by atoms with Crippen LogP contribution in [-0.4, -0.2) is 17.6 Å². The standard InChI is InChI=1S/C14H27NO2/c1-11(6-7-12-4-2-3-5-12)8-13(10-15)9-14(16)17/h11-13H,2-10,15H2,1H3,(H,16,17)/t11-,13?/m1/s1. The summed E-state index contributed by atoms with van der Waals surface area (Å²) in [6.07, 6.45) is 9.38. The van der Waals surface area contributed by atoms with E-state index in [4.69, 9.17) is 10.8 Å². The van der Waals surface area contributed by atoms with Crippen LogP contribution in [0.5, 0.6) is 0 Å². The summed E-state index contributed by atoms with van der Waals surface area (Å²) in [5.41, 5.74) is 5.62. The Labute approximate surface area is 105 Å². The van der Waals surface area contributed by atoms with Crippen LogP contribution < -0.4 is 5.73 Å². The summed E-state index contributed by atoms with van der Waals surface area (Å²) in [5, 5.41) is 8.77. The fourth-order valence-corrected chi connectivity index (χ4v) is 3.02. The van der Waals surface area contributed by atoms with Crippen LogP contribution in [0.1, 0.15) is 58.3 Å². The van der Waals surface area contributed by atoms with E-state index in [1.54, 1.807) is 0 Å². The lowest BCUT2D eigenvalue weighted by atomic mass is 9.88. The van der Waals surface area contributed by atoms with E-state index in [0.29, 0.717) is 12.5 Å². The fraction of sp³-hybridized carbons (Fsp3) is 0.929. The van der Waals surface area contributed by atoms with Gasteiger partial charge in [-0.25, -0.2) is 0 Å². The zero-order valence-electron chi connectivity index (χ0n) is 11.0. The molecule has 100 valence electrons. The van der Waals surface area contributed by atoms with Gasteiger partial charge in [0, 0.05) is 6.42 Å². The Balaban J connectivity index is 2.17. The number of hydrogen-bond donors (Lipinski definition) is 2. The predicted molar refractivity (Wildman–Crippen MR) is 69.8 cm³/mol. The molecule has 0 amide bonds. The molecule has 0 spiro atoms. The molecule has 17 heavy (non-hydrogen) atoms. The Morgan fingerprint density at radius 2 is 2.06 bits per heavy atom. The second kappa shape index (κ2) is 7.70. The van der Waals surface area contributed by atoms with Gasteiger partial charge in [-0.1, -0.05) is 45.4 Å². The van der Waals surface area contributed by atoms with Gasteiger partial charge in [0.05, 0.1) is 0 Å². The van der Waals surface area contributed by atoms with Gasteiger partial charge in [0.2, 0.25) is 0 Å². The molecule has 1 unspecified atom stereocenters. The van der Waals surface area contributed by atoms with E-state index in [1.807, 2.05) is 0 Å². The Bertz CT molecular complexity index is 224. The van der Waals surface area contributed by atoms with Crippen molar-refractivity contribution >= 4 is 5.97 Å². The highest BCUT2D eigenvalue weighted by molar-refractivity contribution is 5.67. The smallest absolute Gasteiger partial charge is 0.303 e. The summed E-state index contributed by atoms with van der Waals surface area (Å²) in [7, 11) is 0. The lowest BCUT2D eigenvalue weighted by molar-refractivity contribution is -0.138. The molecular weight excluding hydrogens is 214 g/mol. The lowest BCUT2D eigenvalue weighted by Gasteiger charge is -2.19. The van der Waals surface area contributed by atoms with Crippen molar-refractivity contribution in [3.05, 3.63) is 0 Å². The summed E-state index contributed by atoms with van der Waals surface area (Å²) in [4.78, 5) is 10.7. The molecule has 1 aliphatic carbocycles. The SMILES string of the molecule is C[C@H](CCC1CCCC1)CC(CN)CC(=O)O. The molecule has 0 aromatic rings. The van der Waals surface area contributed by atoms with E-state index < -0.39 is 5.97 Å². The molecule has 0 aromatic heterocycles. The van der Waals surface area contributed by atoms with Crippen molar-refractivity contribution in [1.29, 1.82) is 0 Å². The Morgan fingerprint density at radius 3 is 2.59 bits per heavy atom. The number of aliphatic carboxylic acids is 1. The highest BCUT2D eigenvalue weighted by Gasteiger charge is 2.18. The van der Waals surface area contributed by atoms with Crippen LogP contribution in [0, 0.1) is 17.8 Å². The summed E-state index contributed by atoms with van der Waals surface area (Å²) < 4.78 is 0. The fourth-order valence-electron chi connectivity index (χ4n) is 3.02. The van der Waals surface area contributed by atoms with Crippen molar-refractivity contribution < 1.29 is 9.90 Å². The Hall–Kier alpha value is -0.570.